The first-order chi connectivity index (χ1) is 9.55. The molecule has 1 aromatic rings. The van der Waals surface area contributed by atoms with Crippen LogP contribution in [0.25, 0.3) is 0 Å². The fraction of sp³-hybridized carbons (Fsp3) is 0.625. The van der Waals surface area contributed by atoms with E-state index in [0.717, 1.165) is 34.9 Å². The number of nitrogens with zero attached hydrogens (tertiary/aromatic N) is 1. The van der Waals surface area contributed by atoms with E-state index < -0.39 is 0 Å². The lowest BCUT2D eigenvalue weighted by Crippen LogP contribution is -2.64. The lowest BCUT2D eigenvalue weighted by Gasteiger charge is -2.48. The molecule has 2 nitrogen and oxygen atoms in total. The van der Waals surface area contributed by atoms with Gasteiger partial charge < -0.3 is 10.2 Å². The van der Waals surface area contributed by atoms with Crippen molar-refractivity contribution in [1.29, 1.82) is 0 Å². The van der Waals surface area contributed by atoms with Gasteiger partial charge in [0.05, 0.1) is 15.2 Å². The number of benzene rings is 1. The lowest BCUT2D eigenvalue weighted by molar-refractivity contribution is 0.252. The van der Waals surface area contributed by atoms with Gasteiger partial charge in [-0.15, -0.1) is 0 Å². The van der Waals surface area contributed by atoms with Crippen LogP contribution in [0, 0.1) is 5.92 Å². The largest absolute Gasteiger partial charge is 0.364 e. The van der Waals surface area contributed by atoms with Gasteiger partial charge in [0.25, 0.3) is 0 Å². The summed E-state index contributed by atoms with van der Waals surface area (Å²) in [5, 5.41) is 4.60. The van der Waals surface area contributed by atoms with Crippen LogP contribution in [0.3, 0.4) is 0 Å². The van der Waals surface area contributed by atoms with E-state index in [-0.39, 0.29) is 5.54 Å². The van der Waals surface area contributed by atoms with Crippen molar-refractivity contribution < 1.29 is 0 Å². The van der Waals surface area contributed by atoms with Gasteiger partial charge in [-0.05, 0) is 60.2 Å². The molecule has 1 N–H and O–H groups in total. The zero-order valence-corrected chi connectivity index (χ0v) is 14.5. The van der Waals surface area contributed by atoms with Gasteiger partial charge in [-0.2, -0.15) is 0 Å². The third-order valence-electron chi connectivity index (χ3n) is 4.87. The molecule has 1 heterocycles. The SMILES string of the molecule is CCC1CNC(C)(C2CC2)CN1c1cccc(Cl)c1Br. The molecule has 0 bridgehead atoms. The Kier molecular flexibility index (Phi) is 4.04. The topological polar surface area (TPSA) is 15.3 Å². The van der Waals surface area contributed by atoms with E-state index >= 15 is 0 Å². The average Bonchev–Trinajstić information content (AvgIpc) is 3.27. The predicted molar refractivity (Wildman–Crippen MR) is 89.7 cm³/mol. The molecule has 2 fully saturated rings. The number of hydrogen-bond donors (Lipinski definition) is 1. The normalized spacial score (nSPS) is 30.6. The minimum atomic E-state index is 0.243. The Hall–Kier alpha value is -0.250. The molecule has 1 aliphatic carbocycles. The Balaban J connectivity index is 1.92. The molecule has 1 aliphatic heterocycles. The van der Waals surface area contributed by atoms with Gasteiger partial charge in [-0.3, -0.25) is 0 Å². The van der Waals surface area contributed by atoms with Crippen LogP contribution in [0.4, 0.5) is 5.69 Å². The van der Waals surface area contributed by atoms with E-state index in [9.17, 15) is 0 Å². The molecule has 20 heavy (non-hydrogen) atoms. The van der Waals surface area contributed by atoms with Crippen LogP contribution in [0.1, 0.15) is 33.1 Å². The monoisotopic (exact) mass is 356 g/mol. The van der Waals surface area contributed by atoms with Gasteiger partial charge >= 0.3 is 0 Å². The van der Waals surface area contributed by atoms with E-state index in [1.54, 1.807) is 0 Å². The zero-order valence-electron chi connectivity index (χ0n) is 12.1. The van der Waals surface area contributed by atoms with Crippen LogP contribution >= 0.6 is 27.5 Å². The molecule has 2 atom stereocenters. The van der Waals surface area contributed by atoms with Crippen LogP contribution in [-0.4, -0.2) is 24.7 Å². The van der Waals surface area contributed by atoms with E-state index in [1.165, 1.54) is 18.5 Å². The molecule has 1 saturated carbocycles. The molecule has 1 saturated heterocycles. The first-order valence-corrected chi connectivity index (χ1v) is 8.68. The molecule has 0 aromatic heterocycles. The molecule has 1 aromatic carbocycles. The van der Waals surface area contributed by atoms with Crippen molar-refractivity contribution in [2.75, 3.05) is 18.0 Å². The molecular weight excluding hydrogens is 336 g/mol. The summed E-state index contributed by atoms with van der Waals surface area (Å²) in [6.45, 7) is 6.76. The lowest BCUT2D eigenvalue weighted by atomic mass is 9.90. The molecule has 2 unspecified atom stereocenters. The first kappa shape index (κ1) is 14.7. The Morgan fingerprint density at radius 2 is 2.20 bits per heavy atom. The van der Waals surface area contributed by atoms with Crippen molar-refractivity contribution in [3.63, 3.8) is 0 Å². The van der Waals surface area contributed by atoms with Crippen LogP contribution < -0.4 is 10.2 Å². The van der Waals surface area contributed by atoms with E-state index in [1.807, 2.05) is 12.1 Å². The molecule has 0 spiro atoms. The molecule has 0 radical (unpaired) electrons. The quantitative estimate of drug-likeness (QED) is 0.859. The maximum atomic E-state index is 6.28. The van der Waals surface area contributed by atoms with E-state index in [4.69, 9.17) is 11.6 Å². The Labute approximate surface area is 135 Å². The van der Waals surface area contributed by atoms with Crippen molar-refractivity contribution in [2.45, 2.75) is 44.7 Å². The van der Waals surface area contributed by atoms with Crippen LogP contribution in [0.5, 0.6) is 0 Å². The minimum Gasteiger partial charge on any atom is -0.364 e. The van der Waals surface area contributed by atoms with Crippen molar-refractivity contribution >= 4 is 33.2 Å². The minimum absolute atomic E-state index is 0.243. The van der Waals surface area contributed by atoms with E-state index in [2.05, 4.69) is 46.1 Å². The number of anilines is 1. The third kappa shape index (κ3) is 2.60. The highest BCUT2D eigenvalue weighted by Crippen LogP contribution is 2.43. The highest BCUT2D eigenvalue weighted by Gasteiger charge is 2.46. The summed E-state index contributed by atoms with van der Waals surface area (Å²) >= 11 is 9.95. The van der Waals surface area contributed by atoms with Crippen LogP contribution in [-0.2, 0) is 0 Å². The second kappa shape index (κ2) is 5.51. The zero-order chi connectivity index (χ0) is 14.3. The summed E-state index contributed by atoms with van der Waals surface area (Å²) in [5.74, 6) is 0.834. The second-order valence-corrected chi connectivity index (χ2v) is 7.54. The van der Waals surface area contributed by atoms with E-state index in [0.29, 0.717) is 6.04 Å². The Morgan fingerprint density at radius 1 is 1.45 bits per heavy atom. The highest BCUT2D eigenvalue weighted by molar-refractivity contribution is 9.10. The fourth-order valence-electron chi connectivity index (χ4n) is 3.35. The first-order valence-electron chi connectivity index (χ1n) is 7.51. The maximum absolute atomic E-state index is 6.28. The van der Waals surface area contributed by atoms with Crippen molar-refractivity contribution in [3.05, 3.63) is 27.7 Å². The average molecular weight is 358 g/mol. The summed E-state index contributed by atoms with van der Waals surface area (Å²) in [6.07, 6.45) is 3.88. The molecule has 3 rings (SSSR count). The number of hydrogen-bond acceptors (Lipinski definition) is 2. The van der Waals surface area contributed by atoms with Crippen molar-refractivity contribution in [3.8, 4) is 0 Å². The number of piperazine rings is 1. The fourth-order valence-corrected chi connectivity index (χ4v) is 4.02. The third-order valence-corrected chi connectivity index (χ3v) is 6.25. The standard InChI is InChI=1S/C16H22BrClN2/c1-3-12-9-19-16(2,11-7-8-11)10-20(12)14-6-4-5-13(18)15(14)17/h4-6,11-12,19H,3,7-10H2,1-2H3. The van der Waals surface area contributed by atoms with Gasteiger partial charge in [0.2, 0.25) is 0 Å². The summed E-state index contributed by atoms with van der Waals surface area (Å²) in [4.78, 5) is 2.55. The number of nitrogens with one attached hydrogen (secondary N) is 1. The van der Waals surface area contributed by atoms with Crippen LogP contribution in [0.15, 0.2) is 22.7 Å². The predicted octanol–water partition coefficient (Wildman–Crippen LogP) is 4.46. The van der Waals surface area contributed by atoms with Gasteiger partial charge in [-0.1, -0.05) is 24.6 Å². The van der Waals surface area contributed by atoms with Crippen LogP contribution in [0.2, 0.25) is 5.02 Å². The molecule has 4 heteroatoms. The number of halogens is 2. The van der Waals surface area contributed by atoms with Gasteiger partial charge in [-0.25, -0.2) is 0 Å². The Bertz CT molecular complexity index is 503. The van der Waals surface area contributed by atoms with Gasteiger partial charge in [0.15, 0.2) is 0 Å². The van der Waals surface area contributed by atoms with Crippen molar-refractivity contribution in [1.82, 2.24) is 5.32 Å². The second-order valence-electron chi connectivity index (χ2n) is 6.34. The highest BCUT2D eigenvalue weighted by atomic mass is 79.9. The van der Waals surface area contributed by atoms with Gasteiger partial charge in [0.1, 0.15) is 0 Å². The maximum Gasteiger partial charge on any atom is 0.0595 e. The molecular formula is C16H22BrClN2. The summed E-state index contributed by atoms with van der Waals surface area (Å²) in [7, 11) is 0. The van der Waals surface area contributed by atoms with Gasteiger partial charge in [0, 0.05) is 24.7 Å². The Morgan fingerprint density at radius 3 is 2.85 bits per heavy atom. The number of rotatable bonds is 3. The summed E-state index contributed by atoms with van der Waals surface area (Å²) < 4.78 is 1.03. The molecule has 110 valence electrons. The smallest absolute Gasteiger partial charge is 0.0595 e. The van der Waals surface area contributed by atoms with Crippen molar-refractivity contribution in [2.24, 2.45) is 5.92 Å². The molecule has 2 aliphatic rings. The molecule has 0 amide bonds. The summed E-state index contributed by atoms with van der Waals surface area (Å²) in [5.41, 5.74) is 1.48. The summed E-state index contributed by atoms with van der Waals surface area (Å²) in [6, 6.07) is 6.71.